The maximum Gasteiger partial charge on any atom is 0.311 e. The van der Waals surface area contributed by atoms with Crippen LogP contribution in [-0.4, -0.2) is 36.0 Å². The van der Waals surface area contributed by atoms with Gasteiger partial charge < -0.3 is 10.2 Å². The van der Waals surface area contributed by atoms with Gasteiger partial charge in [-0.25, -0.2) is 4.98 Å². The summed E-state index contributed by atoms with van der Waals surface area (Å²) in [6.07, 6.45) is 1.29. The summed E-state index contributed by atoms with van der Waals surface area (Å²) in [5, 5.41) is 13.9. The molecule has 0 aromatic carbocycles. The van der Waals surface area contributed by atoms with E-state index in [1.54, 1.807) is 7.05 Å². The first-order chi connectivity index (χ1) is 9.52. The van der Waals surface area contributed by atoms with Crippen molar-refractivity contribution >= 4 is 29.0 Å². The highest BCUT2D eigenvalue weighted by molar-refractivity contribution is 6.29. The Balaban J connectivity index is 2.16. The van der Waals surface area contributed by atoms with Gasteiger partial charge in [0.2, 0.25) is 11.7 Å². The van der Waals surface area contributed by atoms with Gasteiger partial charge in [0, 0.05) is 32.1 Å². The molecule has 0 atom stereocenters. The van der Waals surface area contributed by atoms with Gasteiger partial charge in [-0.15, -0.1) is 0 Å². The number of nitro groups is 1. The van der Waals surface area contributed by atoms with Crippen LogP contribution in [0.4, 0.5) is 11.5 Å². The van der Waals surface area contributed by atoms with Gasteiger partial charge in [0.15, 0.2) is 0 Å². The number of halogens is 1. The summed E-state index contributed by atoms with van der Waals surface area (Å²) in [6, 6.07) is 2.76. The molecular weight excluding hydrogens is 284 g/mol. The number of hydrogen-bond donors (Lipinski definition) is 1. The van der Waals surface area contributed by atoms with Crippen LogP contribution in [-0.2, 0) is 4.79 Å². The minimum absolute atomic E-state index is 0.0122. The second-order valence-electron chi connectivity index (χ2n) is 4.61. The molecule has 0 aliphatic carbocycles. The SMILES string of the molecule is CNC(=O)C1CCN(c2nc(Cl)ccc2[N+](=O)[O-])CC1. The van der Waals surface area contributed by atoms with Gasteiger partial charge in [-0.05, 0) is 18.9 Å². The Morgan fingerprint density at radius 2 is 2.15 bits per heavy atom. The number of nitrogens with one attached hydrogen (secondary N) is 1. The first-order valence-electron chi connectivity index (χ1n) is 6.30. The van der Waals surface area contributed by atoms with Gasteiger partial charge in [0.1, 0.15) is 5.15 Å². The Kier molecular flexibility index (Phi) is 4.39. The van der Waals surface area contributed by atoms with Crippen LogP contribution in [0.25, 0.3) is 0 Å². The van der Waals surface area contributed by atoms with Crippen molar-refractivity contribution in [2.24, 2.45) is 5.92 Å². The molecule has 1 aliphatic rings. The number of carbonyl (C=O) groups is 1. The molecule has 0 spiro atoms. The van der Waals surface area contributed by atoms with Gasteiger partial charge in [-0.3, -0.25) is 14.9 Å². The molecule has 0 unspecified atom stereocenters. The predicted octanol–water partition coefficient (Wildman–Crippen LogP) is 1.61. The molecule has 2 heterocycles. The lowest BCUT2D eigenvalue weighted by atomic mass is 9.96. The maximum absolute atomic E-state index is 11.6. The van der Waals surface area contributed by atoms with Crippen LogP contribution < -0.4 is 10.2 Å². The highest BCUT2D eigenvalue weighted by Crippen LogP contribution is 2.30. The van der Waals surface area contributed by atoms with Gasteiger partial charge in [-0.1, -0.05) is 11.6 Å². The third-order valence-electron chi connectivity index (χ3n) is 3.43. The van der Waals surface area contributed by atoms with E-state index in [9.17, 15) is 14.9 Å². The van der Waals surface area contributed by atoms with Crippen LogP contribution >= 0.6 is 11.6 Å². The van der Waals surface area contributed by atoms with Crippen molar-refractivity contribution in [2.75, 3.05) is 25.0 Å². The molecule has 1 aromatic rings. The number of hydrogen-bond acceptors (Lipinski definition) is 5. The Bertz CT molecular complexity index is 529. The van der Waals surface area contributed by atoms with Crippen molar-refractivity contribution in [3.05, 3.63) is 27.4 Å². The lowest BCUT2D eigenvalue weighted by molar-refractivity contribution is -0.384. The molecule has 2 rings (SSSR count). The van der Waals surface area contributed by atoms with Crippen LogP contribution in [0.5, 0.6) is 0 Å². The number of aromatic nitrogens is 1. The summed E-state index contributed by atoms with van der Waals surface area (Å²) in [6.45, 7) is 1.10. The number of piperidine rings is 1. The van der Waals surface area contributed by atoms with E-state index in [0.29, 0.717) is 25.9 Å². The molecule has 1 aromatic heterocycles. The second kappa shape index (κ2) is 6.04. The van der Waals surface area contributed by atoms with Crippen molar-refractivity contribution < 1.29 is 9.72 Å². The fourth-order valence-electron chi connectivity index (χ4n) is 2.35. The summed E-state index contributed by atoms with van der Waals surface area (Å²) in [4.78, 5) is 28.0. The molecule has 1 amide bonds. The van der Waals surface area contributed by atoms with Gasteiger partial charge >= 0.3 is 5.69 Å². The Morgan fingerprint density at radius 1 is 1.50 bits per heavy atom. The van der Waals surface area contributed by atoms with E-state index < -0.39 is 4.92 Å². The Hall–Kier alpha value is -1.89. The zero-order valence-corrected chi connectivity index (χ0v) is 11.8. The first kappa shape index (κ1) is 14.5. The first-order valence-corrected chi connectivity index (χ1v) is 6.68. The number of carbonyl (C=O) groups excluding carboxylic acids is 1. The van der Waals surface area contributed by atoms with E-state index in [4.69, 9.17) is 11.6 Å². The number of rotatable bonds is 3. The molecule has 1 fully saturated rings. The zero-order chi connectivity index (χ0) is 14.7. The normalized spacial score (nSPS) is 16.0. The van der Waals surface area contributed by atoms with Gasteiger partial charge in [0.05, 0.1) is 4.92 Å². The molecule has 8 heteroatoms. The summed E-state index contributed by atoms with van der Waals surface area (Å²) in [5.41, 5.74) is -0.0622. The van der Waals surface area contributed by atoms with Gasteiger partial charge in [-0.2, -0.15) is 0 Å². The number of amides is 1. The molecule has 0 bridgehead atoms. The van der Waals surface area contributed by atoms with Crippen LogP contribution in [0.15, 0.2) is 12.1 Å². The van der Waals surface area contributed by atoms with Crippen molar-refractivity contribution in [1.82, 2.24) is 10.3 Å². The van der Waals surface area contributed by atoms with Crippen LogP contribution in [0.2, 0.25) is 5.15 Å². The Labute approximate surface area is 121 Å². The van der Waals surface area contributed by atoms with E-state index in [-0.39, 0.29) is 28.5 Å². The summed E-state index contributed by atoms with van der Waals surface area (Å²) in [7, 11) is 1.61. The van der Waals surface area contributed by atoms with E-state index in [0.717, 1.165) is 0 Å². The minimum Gasteiger partial charge on any atom is -0.359 e. The molecule has 1 N–H and O–H groups in total. The fourth-order valence-corrected chi connectivity index (χ4v) is 2.49. The lowest BCUT2D eigenvalue weighted by Gasteiger charge is -2.31. The average Bonchev–Trinajstić information content (AvgIpc) is 2.46. The van der Waals surface area contributed by atoms with E-state index in [2.05, 4.69) is 10.3 Å². The average molecular weight is 299 g/mol. The summed E-state index contributed by atoms with van der Waals surface area (Å²) in [5.74, 6) is 0.241. The number of anilines is 1. The zero-order valence-electron chi connectivity index (χ0n) is 11.0. The smallest absolute Gasteiger partial charge is 0.311 e. The quantitative estimate of drug-likeness (QED) is 0.520. The molecule has 1 aliphatic heterocycles. The fraction of sp³-hybridized carbons (Fsp3) is 0.500. The molecule has 0 saturated carbocycles. The van der Waals surface area contributed by atoms with Crippen LogP contribution in [0.3, 0.4) is 0 Å². The van der Waals surface area contributed by atoms with Crippen LogP contribution in [0.1, 0.15) is 12.8 Å². The van der Waals surface area contributed by atoms with Gasteiger partial charge in [0.25, 0.3) is 0 Å². The van der Waals surface area contributed by atoms with Crippen molar-refractivity contribution in [3.8, 4) is 0 Å². The third kappa shape index (κ3) is 2.98. The standard InChI is InChI=1S/C12H15ClN4O3/c1-14-12(18)8-4-6-16(7-5-8)11-9(17(19)20)2-3-10(13)15-11/h2-3,8H,4-7H2,1H3,(H,14,18). The molecular formula is C12H15ClN4O3. The van der Waals surface area contributed by atoms with E-state index in [1.807, 2.05) is 4.90 Å². The highest BCUT2D eigenvalue weighted by Gasteiger charge is 2.28. The summed E-state index contributed by atoms with van der Waals surface area (Å²) < 4.78 is 0. The Morgan fingerprint density at radius 3 is 2.70 bits per heavy atom. The number of nitrogens with zero attached hydrogens (tertiary/aromatic N) is 3. The van der Waals surface area contributed by atoms with Crippen LogP contribution in [0, 0.1) is 16.0 Å². The van der Waals surface area contributed by atoms with Crippen molar-refractivity contribution in [1.29, 1.82) is 0 Å². The molecule has 1 saturated heterocycles. The van der Waals surface area contributed by atoms with Crippen molar-refractivity contribution in [2.45, 2.75) is 12.8 Å². The van der Waals surface area contributed by atoms with E-state index >= 15 is 0 Å². The monoisotopic (exact) mass is 298 g/mol. The van der Waals surface area contributed by atoms with E-state index in [1.165, 1.54) is 12.1 Å². The molecule has 7 nitrogen and oxygen atoms in total. The largest absolute Gasteiger partial charge is 0.359 e. The second-order valence-corrected chi connectivity index (χ2v) is 5.00. The maximum atomic E-state index is 11.6. The minimum atomic E-state index is -0.469. The van der Waals surface area contributed by atoms with Crippen molar-refractivity contribution in [3.63, 3.8) is 0 Å². The summed E-state index contributed by atoms with van der Waals surface area (Å²) >= 11 is 5.82. The highest BCUT2D eigenvalue weighted by atomic mass is 35.5. The molecule has 108 valence electrons. The predicted molar refractivity (Wildman–Crippen MR) is 74.9 cm³/mol. The molecule has 20 heavy (non-hydrogen) atoms. The lowest BCUT2D eigenvalue weighted by Crippen LogP contribution is -2.40. The number of pyridine rings is 1. The topological polar surface area (TPSA) is 88.4 Å². The molecule has 0 radical (unpaired) electrons. The third-order valence-corrected chi connectivity index (χ3v) is 3.64.